The molecular weight excluding hydrogens is 330 g/mol. The molecule has 2 aliphatic rings. The standard InChI is InChI=1S/C20H29N3O3/c1-26-18-10-6-5-9-17(18)23-14-13-22(15-20(23)25)12-11-19(24)21-16-7-3-2-4-8-16/h5-6,9-10,16H,2-4,7-8,11-15H2,1H3,(H,21,24). The van der Waals surface area contributed by atoms with E-state index in [1.54, 1.807) is 12.0 Å². The molecule has 0 unspecified atom stereocenters. The van der Waals surface area contributed by atoms with Crippen LogP contribution in [0.2, 0.25) is 0 Å². The molecule has 0 aromatic heterocycles. The lowest BCUT2D eigenvalue weighted by Crippen LogP contribution is -2.51. The largest absolute Gasteiger partial charge is 0.495 e. The van der Waals surface area contributed by atoms with Crippen LogP contribution in [0.15, 0.2) is 24.3 Å². The van der Waals surface area contributed by atoms with E-state index in [1.165, 1.54) is 19.3 Å². The lowest BCUT2D eigenvalue weighted by molar-refractivity contribution is -0.124. The van der Waals surface area contributed by atoms with Gasteiger partial charge in [-0.25, -0.2) is 0 Å². The van der Waals surface area contributed by atoms with Gasteiger partial charge in [0.1, 0.15) is 5.75 Å². The number of nitrogens with zero attached hydrogens (tertiary/aromatic N) is 2. The van der Waals surface area contributed by atoms with Crippen molar-refractivity contribution >= 4 is 17.5 Å². The van der Waals surface area contributed by atoms with Gasteiger partial charge < -0.3 is 15.0 Å². The highest BCUT2D eigenvalue weighted by Gasteiger charge is 2.27. The highest BCUT2D eigenvalue weighted by Crippen LogP contribution is 2.28. The molecular formula is C20H29N3O3. The lowest BCUT2D eigenvalue weighted by Gasteiger charge is -2.34. The summed E-state index contributed by atoms with van der Waals surface area (Å²) in [5.74, 6) is 0.867. The second kappa shape index (κ2) is 9.03. The molecule has 26 heavy (non-hydrogen) atoms. The molecule has 1 N–H and O–H groups in total. The van der Waals surface area contributed by atoms with Gasteiger partial charge in [0.15, 0.2) is 0 Å². The van der Waals surface area contributed by atoms with Crippen molar-refractivity contribution in [1.29, 1.82) is 0 Å². The summed E-state index contributed by atoms with van der Waals surface area (Å²) in [5.41, 5.74) is 0.815. The number of hydrogen-bond donors (Lipinski definition) is 1. The molecule has 1 saturated carbocycles. The zero-order chi connectivity index (χ0) is 18.4. The van der Waals surface area contributed by atoms with Gasteiger partial charge in [-0.15, -0.1) is 0 Å². The minimum Gasteiger partial charge on any atom is -0.495 e. The number of piperazine rings is 1. The van der Waals surface area contributed by atoms with Crippen LogP contribution in [0.3, 0.4) is 0 Å². The minimum absolute atomic E-state index is 0.0495. The van der Waals surface area contributed by atoms with Crippen LogP contribution in [0, 0.1) is 0 Å². The molecule has 3 rings (SSSR count). The number of amides is 2. The third kappa shape index (κ3) is 4.75. The van der Waals surface area contributed by atoms with Gasteiger partial charge in [-0.1, -0.05) is 31.4 Å². The van der Waals surface area contributed by atoms with Crippen molar-refractivity contribution in [2.45, 2.75) is 44.6 Å². The van der Waals surface area contributed by atoms with E-state index in [0.717, 1.165) is 25.1 Å². The molecule has 0 atom stereocenters. The third-order valence-electron chi connectivity index (χ3n) is 5.30. The van der Waals surface area contributed by atoms with E-state index in [0.29, 0.717) is 37.8 Å². The molecule has 2 amide bonds. The molecule has 0 spiro atoms. The number of carbonyl (C=O) groups excluding carboxylic acids is 2. The van der Waals surface area contributed by atoms with Gasteiger partial charge in [-0.2, -0.15) is 0 Å². The van der Waals surface area contributed by atoms with E-state index in [-0.39, 0.29) is 11.8 Å². The summed E-state index contributed by atoms with van der Waals surface area (Å²) in [6, 6.07) is 7.93. The van der Waals surface area contributed by atoms with E-state index >= 15 is 0 Å². The molecule has 1 aliphatic carbocycles. The van der Waals surface area contributed by atoms with Crippen molar-refractivity contribution in [1.82, 2.24) is 10.2 Å². The number of benzene rings is 1. The van der Waals surface area contributed by atoms with Crippen LogP contribution in [0.5, 0.6) is 5.75 Å². The lowest BCUT2D eigenvalue weighted by atomic mass is 9.95. The zero-order valence-electron chi connectivity index (χ0n) is 15.6. The Morgan fingerprint density at radius 3 is 2.69 bits per heavy atom. The maximum atomic E-state index is 12.6. The zero-order valence-corrected chi connectivity index (χ0v) is 15.6. The summed E-state index contributed by atoms with van der Waals surface area (Å²) >= 11 is 0. The molecule has 6 nitrogen and oxygen atoms in total. The van der Waals surface area contributed by atoms with Crippen molar-refractivity contribution in [3.63, 3.8) is 0 Å². The summed E-state index contributed by atoms with van der Waals surface area (Å²) in [5, 5.41) is 3.14. The number of carbonyl (C=O) groups is 2. The van der Waals surface area contributed by atoms with Gasteiger partial charge in [-0.05, 0) is 25.0 Å². The topological polar surface area (TPSA) is 61.9 Å². The van der Waals surface area contributed by atoms with Crippen molar-refractivity contribution in [3.05, 3.63) is 24.3 Å². The van der Waals surface area contributed by atoms with E-state index in [2.05, 4.69) is 10.2 Å². The van der Waals surface area contributed by atoms with Crippen LogP contribution in [0.25, 0.3) is 0 Å². The summed E-state index contributed by atoms with van der Waals surface area (Å²) < 4.78 is 5.36. The van der Waals surface area contributed by atoms with E-state index in [1.807, 2.05) is 24.3 Å². The van der Waals surface area contributed by atoms with Crippen LogP contribution in [-0.4, -0.2) is 56.0 Å². The molecule has 0 bridgehead atoms. The maximum Gasteiger partial charge on any atom is 0.241 e. The van der Waals surface area contributed by atoms with Crippen molar-refractivity contribution in [2.75, 3.05) is 38.2 Å². The average Bonchev–Trinajstić information content (AvgIpc) is 2.67. The smallest absolute Gasteiger partial charge is 0.241 e. The number of nitrogens with one attached hydrogen (secondary N) is 1. The average molecular weight is 359 g/mol. The quantitative estimate of drug-likeness (QED) is 0.846. The normalized spacial score (nSPS) is 19.4. The SMILES string of the molecule is COc1ccccc1N1CCN(CCC(=O)NC2CCCCC2)CC1=O. The minimum atomic E-state index is 0.0495. The summed E-state index contributed by atoms with van der Waals surface area (Å²) in [6.07, 6.45) is 6.36. The predicted octanol–water partition coefficient (Wildman–Crippen LogP) is 2.18. The fourth-order valence-corrected chi connectivity index (χ4v) is 3.83. The van der Waals surface area contributed by atoms with Gasteiger partial charge >= 0.3 is 0 Å². The Morgan fingerprint density at radius 1 is 1.19 bits per heavy atom. The molecule has 6 heteroatoms. The van der Waals surface area contributed by atoms with Crippen LogP contribution < -0.4 is 15.0 Å². The Hall–Kier alpha value is -2.08. The molecule has 1 aromatic rings. The maximum absolute atomic E-state index is 12.6. The Balaban J connectivity index is 1.46. The van der Waals surface area contributed by atoms with Crippen LogP contribution in [-0.2, 0) is 9.59 Å². The Kier molecular flexibility index (Phi) is 6.50. The van der Waals surface area contributed by atoms with Gasteiger partial charge in [0.25, 0.3) is 0 Å². The molecule has 1 saturated heterocycles. The third-order valence-corrected chi connectivity index (χ3v) is 5.30. The first-order valence-electron chi connectivity index (χ1n) is 9.62. The fourth-order valence-electron chi connectivity index (χ4n) is 3.83. The summed E-state index contributed by atoms with van der Waals surface area (Å²) in [7, 11) is 1.62. The first kappa shape index (κ1) is 18.7. The molecule has 0 radical (unpaired) electrons. The molecule has 1 heterocycles. The van der Waals surface area contributed by atoms with Crippen LogP contribution in [0.4, 0.5) is 5.69 Å². The fraction of sp³-hybridized carbons (Fsp3) is 0.600. The Bertz CT molecular complexity index is 628. The second-order valence-electron chi connectivity index (χ2n) is 7.15. The van der Waals surface area contributed by atoms with Crippen molar-refractivity contribution < 1.29 is 14.3 Å². The summed E-state index contributed by atoms with van der Waals surface area (Å²) in [4.78, 5) is 28.6. The molecule has 1 aromatic carbocycles. The first-order valence-corrected chi connectivity index (χ1v) is 9.62. The van der Waals surface area contributed by atoms with Gasteiger partial charge in [0.05, 0.1) is 19.3 Å². The van der Waals surface area contributed by atoms with Gasteiger partial charge in [0, 0.05) is 32.1 Å². The van der Waals surface area contributed by atoms with E-state index in [4.69, 9.17) is 4.74 Å². The molecule has 142 valence electrons. The highest BCUT2D eigenvalue weighted by atomic mass is 16.5. The monoisotopic (exact) mass is 359 g/mol. The number of rotatable bonds is 6. The number of anilines is 1. The predicted molar refractivity (Wildman–Crippen MR) is 101 cm³/mol. The first-order chi connectivity index (χ1) is 12.7. The molecule has 2 fully saturated rings. The van der Waals surface area contributed by atoms with Crippen LogP contribution in [0.1, 0.15) is 38.5 Å². The number of para-hydroxylation sites is 2. The Labute approximate surface area is 155 Å². The Morgan fingerprint density at radius 2 is 1.96 bits per heavy atom. The van der Waals surface area contributed by atoms with Crippen molar-refractivity contribution in [2.24, 2.45) is 0 Å². The summed E-state index contributed by atoms with van der Waals surface area (Å²) in [6.45, 7) is 2.35. The second-order valence-corrected chi connectivity index (χ2v) is 7.15. The van der Waals surface area contributed by atoms with Gasteiger partial charge in [-0.3, -0.25) is 14.5 Å². The van der Waals surface area contributed by atoms with Crippen molar-refractivity contribution in [3.8, 4) is 5.75 Å². The number of ether oxygens (including phenoxy) is 1. The van der Waals surface area contributed by atoms with E-state index < -0.39 is 0 Å². The van der Waals surface area contributed by atoms with Gasteiger partial charge in [0.2, 0.25) is 11.8 Å². The van der Waals surface area contributed by atoms with E-state index in [9.17, 15) is 9.59 Å². The number of methoxy groups -OCH3 is 1. The molecule has 1 aliphatic heterocycles. The highest BCUT2D eigenvalue weighted by molar-refractivity contribution is 5.97. The number of hydrogen-bond acceptors (Lipinski definition) is 4. The van der Waals surface area contributed by atoms with Crippen LogP contribution >= 0.6 is 0 Å².